The molecule has 0 atom stereocenters. The van der Waals surface area contributed by atoms with Gasteiger partial charge in [-0.05, 0) is 43.2 Å². The second kappa shape index (κ2) is 6.91. The summed E-state index contributed by atoms with van der Waals surface area (Å²) in [5.74, 6) is 0.992. The largest absolute Gasteiger partial charge is 0.439 e. The summed E-state index contributed by atoms with van der Waals surface area (Å²) in [7, 11) is 0. The molecule has 0 saturated heterocycles. The smallest absolute Gasteiger partial charge is 0.246 e. The highest BCUT2D eigenvalue weighted by atomic mass is 16.5. The van der Waals surface area contributed by atoms with E-state index in [4.69, 9.17) is 4.74 Å². The Bertz CT molecular complexity index is 829. The van der Waals surface area contributed by atoms with Crippen molar-refractivity contribution in [2.24, 2.45) is 0 Å². The van der Waals surface area contributed by atoms with Crippen LogP contribution in [0.5, 0.6) is 11.6 Å². The Hall–Kier alpha value is -3.22. The lowest BCUT2D eigenvalue weighted by Crippen LogP contribution is -2.19. The summed E-state index contributed by atoms with van der Waals surface area (Å²) >= 11 is 0. The average molecular weight is 323 g/mol. The van der Waals surface area contributed by atoms with E-state index in [1.165, 1.54) is 22.9 Å². The number of nitrogens with zero attached hydrogens (tertiary/aromatic N) is 4. The van der Waals surface area contributed by atoms with Crippen molar-refractivity contribution in [2.75, 3.05) is 5.32 Å². The van der Waals surface area contributed by atoms with Gasteiger partial charge in [0.15, 0.2) is 0 Å². The van der Waals surface area contributed by atoms with Crippen LogP contribution in [0.1, 0.15) is 11.1 Å². The summed E-state index contributed by atoms with van der Waals surface area (Å²) in [6, 6.07) is 9.31. The van der Waals surface area contributed by atoms with Gasteiger partial charge in [0.05, 0.1) is 11.9 Å². The number of pyridine rings is 1. The first kappa shape index (κ1) is 15.7. The SMILES string of the molecule is Cc1ccc(Oc2ccc(NC(=O)Cn3cncn3)cn2)cc1C. The predicted octanol–water partition coefficient (Wildman–Crippen LogP) is 2.72. The third-order valence-corrected chi connectivity index (χ3v) is 3.49. The molecule has 0 saturated carbocycles. The van der Waals surface area contributed by atoms with E-state index < -0.39 is 0 Å². The zero-order valence-electron chi connectivity index (χ0n) is 13.4. The number of carbonyl (C=O) groups is 1. The van der Waals surface area contributed by atoms with Gasteiger partial charge in [-0.3, -0.25) is 4.79 Å². The molecule has 0 bridgehead atoms. The fourth-order valence-electron chi connectivity index (χ4n) is 2.07. The van der Waals surface area contributed by atoms with Gasteiger partial charge in [-0.25, -0.2) is 14.6 Å². The number of amides is 1. The molecule has 2 aromatic heterocycles. The third kappa shape index (κ3) is 3.95. The van der Waals surface area contributed by atoms with Gasteiger partial charge in [-0.1, -0.05) is 6.07 Å². The van der Waals surface area contributed by atoms with E-state index in [-0.39, 0.29) is 12.5 Å². The molecule has 0 unspecified atom stereocenters. The second-order valence-corrected chi connectivity index (χ2v) is 5.37. The molecule has 1 N–H and O–H groups in total. The molecule has 0 fully saturated rings. The molecule has 1 amide bonds. The molecule has 24 heavy (non-hydrogen) atoms. The molecule has 0 aliphatic carbocycles. The van der Waals surface area contributed by atoms with E-state index in [2.05, 4.69) is 20.4 Å². The number of hydrogen-bond donors (Lipinski definition) is 1. The number of hydrogen-bond acceptors (Lipinski definition) is 5. The number of ether oxygens (including phenoxy) is 1. The first-order valence-electron chi connectivity index (χ1n) is 7.43. The van der Waals surface area contributed by atoms with Crippen LogP contribution in [-0.4, -0.2) is 25.7 Å². The summed E-state index contributed by atoms with van der Waals surface area (Å²) in [5.41, 5.74) is 2.96. The molecule has 7 nitrogen and oxygen atoms in total. The van der Waals surface area contributed by atoms with Crippen LogP contribution in [0.2, 0.25) is 0 Å². The van der Waals surface area contributed by atoms with E-state index in [0.717, 1.165) is 11.3 Å². The highest BCUT2D eigenvalue weighted by molar-refractivity contribution is 5.90. The minimum Gasteiger partial charge on any atom is -0.439 e. The van der Waals surface area contributed by atoms with Gasteiger partial charge in [0.25, 0.3) is 0 Å². The number of nitrogens with one attached hydrogen (secondary N) is 1. The zero-order valence-corrected chi connectivity index (χ0v) is 13.4. The van der Waals surface area contributed by atoms with E-state index in [1.807, 2.05) is 32.0 Å². The van der Waals surface area contributed by atoms with Gasteiger partial charge in [0, 0.05) is 6.07 Å². The standard InChI is InChI=1S/C17H17N5O2/c1-12-3-5-15(7-13(12)2)24-17-6-4-14(8-19-17)21-16(23)9-22-11-18-10-20-22/h3-8,10-11H,9H2,1-2H3,(H,21,23). The summed E-state index contributed by atoms with van der Waals surface area (Å²) in [6.45, 7) is 4.18. The van der Waals surface area contributed by atoms with Gasteiger partial charge in [0.2, 0.25) is 11.8 Å². The number of anilines is 1. The molecule has 1 aromatic carbocycles. The second-order valence-electron chi connectivity index (χ2n) is 5.37. The summed E-state index contributed by atoms with van der Waals surface area (Å²) in [6.07, 6.45) is 4.42. The fourth-order valence-corrected chi connectivity index (χ4v) is 2.07. The van der Waals surface area contributed by atoms with Crippen molar-refractivity contribution < 1.29 is 9.53 Å². The van der Waals surface area contributed by atoms with Crippen molar-refractivity contribution in [3.63, 3.8) is 0 Å². The average Bonchev–Trinajstić information content (AvgIpc) is 3.06. The van der Waals surface area contributed by atoms with E-state index in [9.17, 15) is 4.79 Å². The first-order valence-corrected chi connectivity index (χ1v) is 7.43. The molecule has 2 heterocycles. The lowest BCUT2D eigenvalue weighted by molar-refractivity contribution is -0.116. The normalized spacial score (nSPS) is 10.4. The highest BCUT2D eigenvalue weighted by Gasteiger charge is 2.06. The lowest BCUT2D eigenvalue weighted by atomic mass is 10.1. The topological polar surface area (TPSA) is 81.9 Å². The Morgan fingerprint density at radius 2 is 2.08 bits per heavy atom. The van der Waals surface area contributed by atoms with E-state index in [0.29, 0.717) is 11.6 Å². The third-order valence-electron chi connectivity index (χ3n) is 3.49. The molecule has 7 heteroatoms. The van der Waals surface area contributed by atoms with Crippen molar-refractivity contribution in [2.45, 2.75) is 20.4 Å². The maximum Gasteiger partial charge on any atom is 0.246 e. The zero-order chi connectivity index (χ0) is 16.9. The molecule has 122 valence electrons. The van der Waals surface area contributed by atoms with Crippen LogP contribution in [-0.2, 0) is 11.3 Å². The quantitative estimate of drug-likeness (QED) is 0.780. The van der Waals surface area contributed by atoms with Crippen LogP contribution in [0.25, 0.3) is 0 Å². The van der Waals surface area contributed by atoms with Gasteiger partial charge in [0.1, 0.15) is 24.9 Å². The molecule has 3 rings (SSSR count). The van der Waals surface area contributed by atoms with Crippen LogP contribution in [0.15, 0.2) is 49.2 Å². The van der Waals surface area contributed by atoms with Crippen molar-refractivity contribution in [3.05, 3.63) is 60.3 Å². The molecule has 0 spiro atoms. The Balaban J connectivity index is 1.60. The summed E-state index contributed by atoms with van der Waals surface area (Å²) < 4.78 is 7.16. The Kier molecular flexibility index (Phi) is 4.51. The van der Waals surface area contributed by atoms with Crippen LogP contribution in [0, 0.1) is 13.8 Å². The number of carbonyl (C=O) groups excluding carboxylic acids is 1. The molecular formula is C17H17N5O2. The van der Waals surface area contributed by atoms with Crippen molar-refractivity contribution in [1.82, 2.24) is 19.7 Å². The van der Waals surface area contributed by atoms with E-state index in [1.54, 1.807) is 18.3 Å². The van der Waals surface area contributed by atoms with Gasteiger partial charge < -0.3 is 10.1 Å². The molecule has 0 radical (unpaired) electrons. The number of rotatable bonds is 5. The van der Waals surface area contributed by atoms with Crippen LogP contribution in [0.3, 0.4) is 0 Å². The van der Waals surface area contributed by atoms with Gasteiger partial charge in [-0.15, -0.1) is 0 Å². The molecule has 0 aliphatic heterocycles. The van der Waals surface area contributed by atoms with Gasteiger partial charge >= 0.3 is 0 Å². The maximum absolute atomic E-state index is 11.9. The Morgan fingerprint density at radius 3 is 2.75 bits per heavy atom. The maximum atomic E-state index is 11.9. The number of aryl methyl sites for hydroxylation is 2. The van der Waals surface area contributed by atoms with Crippen molar-refractivity contribution in [1.29, 1.82) is 0 Å². The first-order chi connectivity index (χ1) is 11.6. The molecule has 0 aliphatic rings. The fraction of sp³-hybridized carbons (Fsp3) is 0.176. The van der Waals surface area contributed by atoms with E-state index >= 15 is 0 Å². The van der Waals surface area contributed by atoms with Crippen LogP contribution >= 0.6 is 0 Å². The summed E-state index contributed by atoms with van der Waals surface area (Å²) in [4.78, 5) is 19.9. The van der Waals surface area contributed by atoms with Crippen molar-refractivity contribution in [3.8, 4) is 11.6 Å². The highest BCUT2D eigenvalue weighted by Crippen LogP contribution is 2.22. The number of aromatic nitrogens is 4. The Labute approximate surface area is 139 Å². The number of benzene rings is 1. The Morgan fingerprint density at radius 1 is 1.21 bits per heavy atom. The monoisotopic (exact) mass is 323 g/mol. The van der Waals surface area contributed by atoms with Crippen molar-refractivity contribution >= 4 is 11.6 Å². The minimum atomic E-state index is -0.204. The van der Waals surface area contributed by atoms with Crippen LogP contribution in [0.4, 0.5) is 5.69 Å². The van der Waals surface area contributed by atoms with Gasteiger partial charge in [-0.2, -0.15) is 5.10 Å². The van der Waals surface area contributed by atoms with Crippen LogP contribution < -0.4 is 10.1 Å². The molecular weight excluding hydrogens is 306 g/mol. The lowest BCUT2D eigenvalue weighted by Gasteiger charge is -2.08. The minimum absolute atomic E-state index is 0.0981. The predicted molar refractivity (Wildman–Crippen MR) is 88.9 cm³/mol. The molecule has 3 aromatic rings. The summed E-state index contributed by atoms with van der Waals surface area (Å²) in [5, 5.41) is 6.62.